The predicted molar refractivity (Wildman–Crippen MR) is 152 cm³/mol. The van der Waals surface area contributed by atoms with E-state index in [1.54, 1.807) is 60.3 Å². The molecule has 0 aromatic heterocycles. The van der Waals surface area contributed by atoms with Gasteiger partial charge in [0.25, 0.3) is 0 Å². The average Bonchev–Trinajstić information content (AvgIpc) is 2.82. The number of nitrogens with two attached hydrogens (primary N) is 1. The molecule has 10 nitrogen and oxygen atoms in total. The molecule has 2 aliphatic rings. The predicted octanol–water partition coefficient (Wildman–Crippen LogP) is 5.29. The highest BCUT2D eigenvalue weighted by Gasteiger charge is 2.57. The molecule has 3 atom stereocenters. The lowest BCUT2D eigenvalue weighted by Gasteiger charge is -2.49. The SMILES string of the molecule is C[C@@H]1[C@@](C)(C(=O)N2CCOCC2)SC(N(C(=O)OC(C)(C)C)C(=O)OC(C)(C)C)=N[C@]1(C)c1cc(N)cc(F)c1F. The first-order valence-corrected chi connectivity index (χ1v) is 14.2. The van der Waals surface area contributed by atoms with E-state index >= 15 is 4.39 Å². The van der Waals surface area contributed by atoms with Crippen molar-refractivity contribution in [2.75, 3.05) is 32.0 Å². The fourth-order valence-corrected chi connectivity index (χ4v) is 6.13. The summed E-state index contributed by atoms with van der Waals surface area (Å²) in [7, 11) is 0. The number of rotatable bonds is 2. The van der Waals surface area contributed by atoms with E-state index < -0.39 is 51.2 Å². The molecular formula is C28H40F2N4O6S. The number of imide groups is 1. The maximum atomic E-state index is 15.5. The average molecular weight is 599 g/mol. The van der Waals surface area contributed by atoms with Gasteiger partial charge >= 0.3 is 12.2 Å². The Labute approximate surface area is 243 Å². The Morgan fingerprint density at radius 3 is 2.05 bits per heavy atom. The van der Waals surface area contributed by atoms with Gasteiger partial charge in [-0.15, -0.1) is 0 Å². The van der Waals surface area contributed by atoms with Gasteiger partial charge < -0.3 is 24.8 Å². The van der Waals surface area contributed by atoms with Gasteiger partial charge in [0, 0.05) is 30.3 Å². The van der Waals surface area contributed by atoms with Crippen LogP contribution in [-0.2, 0) is 24.5 Å². The second-order valence-electron chi connectivity index (χ2n) is 12.5. The molecule has 0 radical (unpaired) electrons. The fraction of sp³-hybridized carbons (Fsp3) is 0.643. The van der Waals surface area contributed by atoms with Gasteiger partial charge in [-0.2, -0.15) is 4.90 Å². The summed E-state index contributed by atoms with van der Waals surface area (Å²) in [4.78, 5) is 48.1. The monoisotopic (exact) mass is 598 g/mol. The summed E-state index contributed by atoms with van der Waals surface area (Å²) >= 11 is 0.866. The Balaban J connectivity index is 2.29. The molecule has 2 heterocycles. The number of benzene rings is 1. The number of anilines is 1. The zero-order chi connectivity index (χ0) is 31.1. The largest absolute Gasteiger partial charge is 0.443 e. The van der Waals surface area contributed by atoms with E-state index in [1.807, 2.05) is 0 Å². The van der Waals surface area contributed by atoms with E-state index in [9.17, 15) is 18.8 Å². The Bertz CT molecular complexity index is 1210. The molecule has 3 rings (SSSR count). The first-order valence-electron chi connectivity index (χ1n) is 13.4. The summed E-state index contributed by atoms with van der Waals surface area (Å²) in [5, 5.41) is -0.263. The van der Waals surface area contributed by atoms with E-state index in [4.69, 9.17) is 19.9 Å². The van der Waals surface area contributed by atoms with Gasteiger partial charge in [0.1, 0.15) is 15.9 Å². The highest BCUT2D eigenvalue weighted by molar-refractivity contribution is 8.15. The van der Waals surface area contributed by atoms with Gasteiger partial charge in [-0.1, -0.05) is 18.7 Å². The number of morpholine rings is 1. The van der Waals surface area contributed by atoms with E-state index in [0.29, 0.717) is 31.2 Å². The van der Waals surface area contributed by atoms with Crippen LogP contribution in [0.25, 0.3) is 0 Å². The second-order valence-corrected chi connectivity index (χ2v) is 14.0. The molecule has 0 saturated carbocycles. The van der Waals surface area contributed by atoms with Crippen molar-refractivity contribution in [1.82, 2.24) is 9.80 Å². The third-order valence-electron chi connectivity index (χ3n) is 6.96. The van der Waals surface area contributed by atoms with E-state index in [0.717, 1.165) is 17.8 Å². The molecule has 1 aromatic carbocycles. The van der Waals surface area contributed by atoms with E-state index in [-0.39, 0.29) is 22.3 Å². The topological polar surface area (TPSA) is 124 Å². The third-order valence-corrected chi connectivity index (χ3v) is 8.37. The molecule has 0 spiro atoms. The van der Waals surface area contributed by atoms with Gasteiger partial charge in [0.2, 0.25) is 5.91 Å². The molecule has 228 valence electrons. The lowest BCUT2D eigenvalue weighted by atomic mass is 9.73. The molecular weight excluding hydrogens is 558 g/mol. The van der Waals surface area contributed by atoms with Crippen LogP contribution in [0.5, 0.6) is 0 Å². The molecule has 41 heavy (non-hydrogen) atoms. The number of nitrogen functional groups attached to an aromatic ring is 1. The van der Waals surface area contributed by atoms with Crippen LogP contribution in [0.3, 0.4) is 0 Å². The number of hydrogen-bond donors (Lipinski definition) is 1. The zero-order valence-electron chi connectivity index (χ0n) is 25.1. The van der Waals surface area contributed by atoms with Crippen molar-refractivity contribution in [3.63, 3.8) is 0 Å². The van der Waals surface area contributed by atoms with Crippen LogP contribution < -0.4 is 5.73 Å². The van der Waals surface area contributed by atoms with Crippen LogP contribution in [0, 0.1) is 17.6 Å². The number of aliphatic imine (C=N–C) groups is 1. The van der Waals surface area contributed by atoms with E-state index in [1.165, 1.54) is 13.0 Å². The standard InChI is InChI=1S/C28H40F2N4O6S/c1-16-27(8,18-14-17(31)15-19(29)20(18)30)32-22(41-28(16,9)21(35)33-10-12-38-13-11-33)34(23(36)39-25(2,3)4)24(37)40-26(5,6)7/h14-16H,10-13,31H2,1-9H3/t16-,27-,28-/m0/s1. The van der Waals surface area contributed by atoms with Crippen LogP contribution in [-0.4, -0.2) is 75.3 Å². The smallest absolute Gasteiger partial charge is 0.426 e. The lowest BCUT2D eigenvalue weighted by molar-refractivity contribution is -0.139. The lowest BCUT2D eigenvalue weighted by Crippen LogP contribution is -2.60. The van der Waals surface area contributed by atoms with Crippen LogP contribution in [0.4, 0.5) is 24.1 Å². The minimum absolute atomic E-state index is 0.0559. The van der Waals surface area contributed by atoms with Crippen LogP contribution in [0.15, 0.2) is 17.1 Å². The molecule has 1 fully saturated rings. The number of nitrogens with zero attached hydrogens (tertiary/aromatic N) is 3. The number of ether oxygens (including phenoxy) is 3. The fourth-order valence-electron chi connectivity index (χ4n) is 4.66. The molecule has 1 saturated heterocycles. The number of hydrogen-bond acceptors (Lipinski definition) is 9. The van der Waals surface area contributed by atoms with Gasteiger partial charge in [0.15, 0.2) is 16.8 Å². The van der Waals surface area contributed by atoms with Crippen LogP contribution in [0.2, 0.25) is 0 Å². The number of amidine groups is 1. The molecule has 0 aliphatic carbocycles. The molecule has 0 unspecified atom stereocenters. The van der Waals surface area contributed by atoms with Gasteiger partial charge in [-0.25, -0.2) is 23.4 Å². The Kier molecular flexibility index (Phi) is 9.05. The number of halogens is 2. The van der Waals surface area contributed by atoms with Gasteiger partial charge in [-0.3, -0.25) is 4.79 Å². The minimum atomic E-state index is -1.67. The van der Waals surface area contributed by atoms with Gasteiger partial charge in [-0.05, 0) is 67.5 Å². The Morgan fingerprint density at radius 2 is 1.56 bits per heavy atom. The van der Waals surface area contributed by atoms with Crippen molar-refractivity contribution in [3.8, 4) is 0 Å². The minimum Gasteiger partial charge on any atom is -0.443 e. The summed E-state index contributed by atoms with van der Waals surface area (Å²) in [6.45, 7) is 15.9. The van der Waals surface area contributed by atoms with Crippen molar-refractivity contribution in [2.24, 2.45) is 10.9 Å². The first kappa shape index (κ1) is 32.6. The highest BCUT2D eigenvalue weighted by atomic mass is 32.2. The maximum Gasteiger partial charge on any atom is 0.426 e. The van der Waals surface area contributed by atoms with Crippen LogP contribution >= 0.6 is 11.8 Å². The maximum absolute atomic E-state index is 15.5. The highest BCUT2D eigenvalue weighted by Crippen LogP contribution is 2.53. The molecule has 1 aromatic rings. The number of amides is 3. The first-order chi connectivity index (χ1) is 18.7. The molecule has 2 aliphatic heterocycles. The summed E-state index contributed by atoms with van der Waals surface area (Å²) in [5.74, 6) is -3.52. The summed E-state index contributed by atoms with van der Waals surface area (Å²) in [5.41, 5.74) is 1.94. The number of carbonyl (C=O) groups excluding carboxylic acids is 3. The molecule has 3 amide bonds. The molecule has 0 bridgehead atoms. The summed E-state index contributed by atoms with van der Waals surface area (Å²) in [6.07, 6.45) is -2.20. The zero-order valence-corrected chi connectivity index (χ0v) is 25.9. The Hall–Kier alpha value is -2.93. The number of carbonyl (C=O) groups is 3. The number of thioether (sulfide) groups is 1. The van der Waals surface area contributed by atoms with Crippen LogP contribution in [0.1, 0.15) is 67.9 Å². The van der Waals surface area contributed by atoms with Crippen molar-refractivity contribution in [2.45, 2.75) is 83.8 Å². The van der Waals surface area contributed by atoms with Crippen molar-refractivity contribution >= 4 is 40.7 Å². The van der Waals surface area contributed by atoms with Crippen molar-refractivity contribution in [3.05, 3.63) is 29.3 Å². The third kappa shape index (κ3) is 6.94. The summed E-state index contributed by atoms with van der Waals surface area (Å²) < 4.78 is 45.2. The van der Waals surface area contributed by atoms with Crippen molar-refractivity contribution in [1.29, 1.82) is 0 Å². The van der Waals surface area contributed by atoms with E-state index in [2.05, 4.69) is 4.99 Å². The second kappa shape index (κ2) is 11.4. The normalized spacial score (nSPS) is 25.3. The van der Waals surface area contributed by atoms with Crippen molar-refractivity contribution < 1.29 is 37.4 Å². The molecule has 2 N–H and O–H groups in total. The quantitative estimate of drug-likeness (QED) is 0.456. The summed E-state index contributed by atoms with van der Waals surface area (Å²) in [6, 6.07) is 2.10. The Morgan fingerprint density at radius 1 is 1.05 bits per heavy atom. The molecule has 13 heteroatoms. The van der Waals surface area contributed by atoms with Gasteiger partial charge in [0.05, 0.1) is 18.8 Å².